The highest BCUT2D eigenvalue weighted by Crippen LogP contribution is 2.28. The van der Waals surface area contributed by atoms with Gasteiger partial charge >= 0.3 is 0 Å². The van der Waals surface area contributed by atoms with Crippen LogP contribution in [-0.2, 0) is 4.74 Å². The maximum Gasteiger partial charge on any atom is 0.202 e. The molecular weight excluding hydrogens is 292 g/mol. The van der Waals surface area contributed by atoms with Gasteiger partial charge in [-0.2, -0.15) is 0 Å². The zero-order valence-corrected chi connectivity index (χ0v) is 15.2. The van der Waals surface area contributed by atoms with Crippen LogP contribution in [0, 0.1) is 5.92 Å². The predicted octanol–water partition coefficient (Wildman–Crippen LogP) is 5.90. The van der Waals surface area contributed by atoms with Crippen LogP contribution in [0.25, 0.3) is 0 Å². The summed E-state index contributed by atoms with van der Waals surface area (Å²) in [6.07, 6.45) is 6.51. The molecule has 0 bridgehead atoms. The van der Waals surface area contributed by atoms with Gasteiger partial charge in [0, 0.05) is 16.1 Å². The molecule has 2 rings (SSSR count). The largest absolute Gasteiger partial charge is 0.465 e. The Balaban J connectivity index is 1.92. The Morgan fingerprint density at radius 2 is 1.59 bits per heavy atom. The fourth-order valence-electron chi connectivity index (χ4n) is 2.71. The zero-order chi connectivity index (χ0) is 15.9. The first kappa shape index (κ1) is 17.7. The van der Waals surface area contributed by atoms with Gasteiger partial charge in [0.2, 0.25) is 6.29 Å². The van der Waals surface area contributed by atoms with E-state index in [0.717, 1.165) is 5.75 Å². The number of thioether (sulfide) groups is 1. The Labute approximate surface area is 140 Å². The van der Waals surface area contributed by atoms with Crippen molar-refractivity contribution in [2.45, 2.75) is 82.3 Å². The molecule has 1 aliphatic rings. The summed E-state index contributed by atoms with van der Waals surface area (Å²) >= 11 is 1.87. The molecule has 0 heterocycles. The second-order valence-electron chi connectivity index (χ2n) is 6.76. The summed E-state index contributed by atoms with van der Waals surface area (Å²) < 4.78 is 12.3. The summed E-state index contributed by atoms with van der Waals surface area (Å²) in [5.41, 5.74) is 0. The molecule has 1 saturated carbocycles. The van der Waals surface area contributed by atoms with Crippen LogP contribution in [0.15, 0.2) is 29.2 Å². The van der Waals surface area contributed by atoms with Crippen molar-refractivity contribution in [3.05, 3.63) is 24.3 Å². The van der Waals surface area contributed by atoms with E-state index in [4.69, 9.17) is 9.47 Å². The zero-order valence-electron chi connectivity index (χ0n) is 14.4. The van der Waals surface area contributed by atoms with E-state index in [-0.39, 0.29) is 6.29 Å². The minimum absolute atomic E-state index is 0.147. The Hall–Kier alpha value is -0.670. The fourth-order valence-corrected chi connectivity index (χ4v) is 3.55. The number of benzene rings is 1. The van der Waals surface area contributed by atoms with Crippen molar-refractivity contribution in [1.82, 2.24) is 0 Å². The maximum atomic E-state index is 6.22. The molecule has 0 aromatic heterocycles. The van der Waals surface area contributed by atoms with Crippen LogP contribution in [0.1, 0.15) is 59.8 Å². The molecule has 0 saturated heterocycles. The maximum absolute atomic E-state index is 6.22. The van der Waals surface area contributed by atoms with Crippen LogP contribution >= 0.6 is 11.8 Å². The van der Waals surface area contributed by atoms with Crippen molar-refractivity contribution in [3.8, 4) is 5.75 Å². The summed E-state index contributed by atoms with van der Waals surface area (Å²) in [5.74, 6) is 1.26. The van der Waals surface area contributed by atoms with E-state index in [1.165, 1.54) is 37.0 Å². The van der Waals surface area contributed by atoms with Gasteiger partial charge in [0.15, 0.2) is 0 Å². The van der Waals surface area contributed by atoms with Crippen molar-refractivity contribution in [3.63, 3.8) is 0 Å². The molecule has 0 N–H and O–H groups in total. The number of rotatable bonds is 7. The lowest BCUT2D eigenvalue weighted by atomic mass is 9.97. The molecule has 1 unspecified atom stereocenters. The topological polar surface area (TPSA) is 18.5 Å². The Bertz CT molecular complexity index is 422. The lowest BCUT2D eigenvalue weighted by Gasteiger charge is -2.30. The van der Waals surface area contributed by atoms with E-state index in [1.54, 1.807) is 0 Å². The van der Waals surface area contributed by atoms with E-state index >= 15 is 0 Å². The van der Waals surface area contributed by atoms with Gasteiger partial charge < -0.3 is 9.47 Å². The third kappa shape index (κ3) is 5.85. The predicted molar refractivity (Wildman–Crippen MR) is 94.6 cm³/mol. The summed E-state index contributed by atoms with van der Waals surface area (Å²) in [5, 5.41) is 0.602. The Kier molecular flexibility index (Phi) is 7.10. The number of hydrogen-bond acceptors (Lipinski definition) is 3. The fraction of sp³-hybridized carbons (Fsp3) is 0.684. The van der Waals surface area contributed by atoms with Crippen LogP contribution in [0.3, 0.4) is 0 Å². The van der Waals surface area contributed by atoms with Crippen molar-refractivity contribution in [1.29, 1.82) is 0 Å². The molecule has 2 nitrogen and oxygen atoms in total. The van der Waals surface area contributed by atoms with Crippen molar-refractivity contribution in [2.75, 3.05) is 0 Å². The van der Waals surface area contributed by atoms with E-state index in [0.29, 0.717) is 17.3 Å². The molecule has 1 atom stereocenters. The molecule has 1 aliphatic carbocycles. The van der Waals surface area contributed by atoms with Crippen LogP contribution in [0.4, 0.5) is 0 Å². The molecule has 1 fully saturated rings. The van der Waals surface area contributed by atoms with E-state index in [2.05, 4.69) is 52.0 Å². The monoisotopic (exact) mass is 322 g/mol. The third-order valence-electron chi connectivity index (χ3n) is 3.87. The summed E-state index contributed by atoms with van der Waals surface area (Å²) in [6, 6.07) is 8.39. The summed E-state index contributed by atoms with van der Waals surface area (Å²) in [7, 11) is 0. The summed E-state index contributed by atoms with van der Waals surface area (Å²) in [4.78, 5) is 1.29. The van der Waals surface area contributed by atoms with Crippen molar-refractivity contribution < 1.29 is 9.47 Å². The van der Waals surface area contributed by atoms with Crippen molar-refractivity contribution >= 4 is 11.8 Å². The third-order valence-corrected chi connectivity index (χ3v) is 4.89. The molecule has 0 aliphatic heterocycles. The highest BCUT2D eigenvalue weighted by atomic mass is 32.2. The minimum Gasteiger partial charge on any atom is -0.465 e. The normalized spacial score (nSPS) is 17.9. The highest BCUT2D eigenvalue weighted by Gasteiger charge is 2.23. The first-order valence-corrected chi connectivity index (χ1v) is 9.51. The Morgan fingerprint density at radius 1 is 0.955 bits per heavy atom. The lowest BCUT2D eigenvalue weighted by Crippen LogP contribution is -2.32. The second kappa shape index (κ2) is 8.83. The average molecular weight is 323 g/mol. The van der Waals surface area contributed by atoms with E-state index in [1.807, 2.05) is 11.8 Å². The molecule has 0 radical (unpaired) electrons. The SMILES string of the molecule is CC(C)Sc1ccc(OC(OC2CCCCC2)C(C)C)cc1. The molecule has 1 aromatic rings. The van der Waals surface area contributed by atoms with Crippen LogP contribution in [0.2, 0.25) is 0 Å². The minimum atomic E-state index is -0.147. The molecule has 22 heavy (non-hydrogen) atoms. The molecule has 1 aromatic carbocycles. The quantitative estimate of drug-likeness (QED) is 0.460. The van der Waals surface area contributed by atoms with Crippen LogP contribution < -0.4 is 4.74 Å². The van der Waals surface area contributed by atoms with Crippen LogP contribution in [0.5, 0.6) is 5.75 Å². The van der Waals surface area contributed by atoms with Gasteiger partial charge in [-0.15, -0.1) is 11.8 Å². The molecule has 3 heteroatoms. The first-order valence-electron chi connectivity index (χ1n) is 8.63. The second-order valence-corrected chi connectivity index (χ2v) is 8.41. The average Bonchev–Trinajstić information content (AvgIpc) is 2.49. The number of hydrogen-bond donors (Lipinski definition) is 0. The van der Waals surface area contributed by atoms with Crippen molar-refractivity contribution in [2.24, 2.45) is 5.92 Å². The van der Waals surface area contributed by atoms with Gasteiger partial charge in [-0.3, -0.25) is 0 Å². The van der Waals surface area contributed by atoms with Gasteiger partial charge in [0.1, 0.15) is 5.75 Å². The van der Waals surface area contributed by atoms with Gasteiger partial charge in [0.05, 0.1) is 6.10 Å². The first-order chi connectivity index (χ1) is 10.5. The molecule has 0 spiro atoms. The summed E-state index contributed by atoms with van der Waals surface area (Å²) in [6.45, 7) is 8.75. The van der Waals surface area contributed by atoms with E-state index in [9.17, 15) is 0 Å². The number of ether oxygens (including phenoxy) is 2. The van der Waals surface area contributed by atoms with E-state index < -0.39 is 0 Å². The molecule has 0 amide bonds. The van der Waals surface area contributed by atoms with Crippen LogP contribution in [-0.4, -0.2) is 17.6 Å². The van der Waals surface area contributed by atoms with Gasteiger partial charge in [-0.1, -0.05) is 47.0 Å². The highest BCUT2D eigenvalue weighted by molar-refractivity contribution is 7.99. The van der Waals surface area contributed by atoms with Gasteiger partial charge in [-0.25, -0.2) is 0 Å². The Morgan fingerprint density at radius 3 is 2.14 bits per heavy atom. The standard InChI is InChI=1S/C19H30O2S/c1-14(2)19(20-16-8-6-5-7-9-16)21-17-10-12-18(13-11-17)22-15(3)4/h10-16,19H,5-9H2,1-4H3. The lowest BCUT2D eigenvalue weighted by molar-refractivity contribution is -0.150. The smallest absolute Gasteiger partial charge is 0.202 e. The van der Waals surface area contributed by atoms with Gasteiger partial charge in [-0.05, 0) is 37.1 Å². The molecule has 124 valence electrons. The molecular formula is C19H30O2S. The van der Waals surface area contributed by atoms with Gasteiger partial charge in [0.25, 0.3) is 0 Å².